The fourth-order valence-corrected chi connectivity index (χ4v) is 1.35. The van der Waals surface area contributed by atoms with Crippen LogP contribution in [-0.4, -0.2) is 17.0 Å². The Bertz CT molecular complexity index is 462. The highest BCUT2D eigenvalue weighted by molar-refractivity contribution is 5.97. The predicted octanol–water partition coefficient (Wildman–Crippen LogP) is 1.44. The third-order valence-electron chi connectivity index (χ3n) is 2.46. The van der Waals surface area contributed by atoms with Crippen LogP contribution in [0.5, 0.6) is 0 Å². The summed E-state index contributed by atoms with van der Waals surface area (Å²) in [4.78, 5) is 11.7. The lowest BCUT2D eigenvalue weighted by atomic mass is 9.95. The summed E-state index contributed by atoms with van der Waals surface area (Å²) in [6.07, 6.45) is 0. The first-order chi connectivity index (χ1) is 8.34. The van der Waals surface area contributed by atoms with Crippen molar-refractivity contribution in [1.29, 1.82) is 0 Å². The molecule has 1 amide bonds. The molecule has 0 aliphatic heterocycles. The Balaban J connectivity index is 2.72. The molecule has 0 heterocycles. The van der Waals surface area contributed by atoms with Crippen molar-refractivity contribution >= 4 is 11.7 Å². The fraction of sp³-hybridized carbons (Fsp3) is 0.385. The van der Waals surface area contributed by atoms with Crippen molar-refractivity contribution in [3.8, 4) is 0 Å². The van der Waals surface area contributed by atoms with Crippen molar-refractivity contribution in [2.24, 2.45) is 16.3 Å². The van der Waals surface area contributed by atoms with E-state index in [1.54, 1.807) is 18.2 Å². The summed E-state index contributed by atoms with van der Waals surface area (Å²) in [7, 11) is 0. The van der Waals surface area contributed by atoms with Crippen LogP contribution in [0.3, 0.4) is 0 Å². The maximum atomic E-state index is 11.7. The van der Waals surface area contributed by atoms with Gasteiger partial charge in [0.2, 0.25) is 5.91 Å². The number of benzene rings is 1. The topological polar surface area (TPSA) is 87.7 Å². The minimum atomic E-state index is -0.413. The van der Waals surface area contributed by atoms with E-state index in [9.17, 15) is 4.79 Å². The number of hydrogen-bond donors (Lipinski definition) is 3. The molecule has 1 aromatic carbocycles. The van der Waals surface area contributed by atoms with Crippen LogP contribution in [0.4, 0.5) is 0 Å². The largest absolute Gasteiger partial charge is 0.409 e. The molecule has 98 valence electrons. The lowest BCUT2D eigenvalue weighted by molar-refractivity contribution is -0.128. The van der Waals surface area contributed by atoms with Gasteiger partial charge in [0.15, 0.2) is 5.84 Å². The second kappa shape index (κ2) is 5.53. The Kier molecular flexibility index (Phi) is 4.31. The highest BCUT2D eigenvalue weighted by atomic mass is 16.4. The fourth-order valence-electron chi connectivity index (χ4n) is 1.35. The number of oxime groups is 1. The molecule has 0 bridgehead atoms. The van der Waals surface area contributed by atoms with Gasteiger partial charge in [-0.15, -0.1) is 0 Å². The zero-order valence-corrected chi connectivity index (χ0v) is 10.9. The number of amides is 1. The number of nitrogens with two attached hydrogens (primary N) is 1. The number of hydrogen-bond acceptors (Lipinski definition) is 3. The predicted molar refractivity (Wildman–Crippen MR) is 70.3 cm³/mol. The van der Waals surface area contributed by atoms with E-state index in [2.05, 4.69) is 10.5 Å². The van der Waals surface area contributed by atoms with Gasteiger partial charge in [0, 0.05) is 17.5 Å². The van der Waals surface area contributed by atoms with Gasteiger partial charge < -0.3 is 16.3 Å². The molecule has 0 saturated heterocycles. The average molecular weight is 249 g/mol. The monoisotopic (exact) mass is 249 g/mol. The van der Waals surface area contributed by atoms with Crippen LogP contribution in [-0.2, 0) is 11.3 Å². The van der Waals surface area contributed by atoms with Gasteiger partial charge in [-0.2, -0.15) is 0 Å². The van der Waals surface area contributed by atoms with Gasteiger partial charge in [-0.3, -0.25) is 4.79 Å². The van der Waals surface area contributed by atoms with E-state index in [-0.39, 0.29) is 11.7 Å². The Morgan fingerprint density at radius 1 is 1.44 bits per heavy atom. The summed E-state index contributed by atoms with van der Waals surface area (Å²) >= 11 is 0. The van der Waals surface area contributed by atoms with Gasteiger partial charge in [0.1, 0.15) is 0 Å². The minimum Gasteiger partial charge on any atom is -0.409 e. The summed E-state index contributed by atoms with van der Waals surface area (Å²) < 4.78 is 0. The third kappa shape index (κ3) is 3.76. The quantitative estimate of drug-likeness (QED) is 0.328. The van der Waals surface area contributed by atoms with Gasteiger partial charge in [0.25, 0.3) is 0 Å². The van der Waals surface area contributed by atoms with Crippen LogP contribution in [0.2, 0.25) is 0 Å². The Morgan fingerprint density at radius 3 is 2.67 bits per heavy atom. The molecule has 0 aliphatic rings. The molecule has 1 rings (SSSR count). The van der Waals surface area contributed by atoms with Crippen LogP contribution in [0.1, 0.15) is 31.9 Å². The first kappa shape index (κ1) is 14.0. The number of amidine groups is 1. The molecule has 0 fully saturated rings. The highest BCUT2D eigenvalue weighted by Crippen LogP contribution is 2.13. The zero-order valence-electron chi connectivity index (χ0n) is 10.9. The summed E-state index contributed by atoms with van der Waals surface area (Å²) in [6.45, 7) is 5.99. The molecule has 0 aromatic heterocycles. The minimum absolute atomic E-state index is 0.0169. The first-order valence-electron chi connectivity index (χ1n) is 5.69. The summed E-state index contributed by atoms with van der Waals surface area (Å²) in [5, 5.41) is 14.4. The van der Waals surface area contributed by atoms with Gasteiger partial charge in [-0.1, -0.05) is 44.1 Å². The van der Waals surface area contributed by atoms with E-state index in [1.165, 1.54) is 0 Å². The normalized spacial score (nSPS) is 12.3. The van der Waals surface area contributed by atoms with Crippen LogP contribution in [0.15, 0.2) is 29.4 Å². The van der Waals surface area contributed by atoms with E-state index in [0.29, 0.717) is 12.1 Å². The number of nitrogens with one attached hydrogen (secondary N) is 1. The van der Waals surface area contributed by atoms with E-state index in [0.717, 1.165) is 5.56 Å². The van der Waals surface area contributed by atoms with Crippen molar-refractivity contribution in [3.63, 3.8) is 0 Å². The number of rotatable bonds is 3. The molecule has 5 nitrogen and oxygen atoms in total. The molecule has 0 saturated carbocycles. The van der Waals surface area contributed by atoms with Crippen LogP contribution in [0, 0.1) is 5.41 Å². The van der Waals surface area contributed by atoms with Crippen molar-refractivity contribution < 1.29 is 10.0 Å². The molecule has 4 N–H and O–H groups in total. The molecule has 0 spiro atoms. The SMILES string of the molecule is CC(C)(C)C(=O)NCc1cccc(C(N)=NO)c1. The van der Waals surface area contributed by atoms with Crippen LogP contribution >= 0.6 is 0 Å². The summed E-state index contributed by atoms with van der Waals surface area (Å²) in [6, 6.07) is 7.19. The molecule has 5 heteroatoms. The summed E-state index contributed by atoms with van der Waals surface area (Å²) in [5.74, 6) is 0.0377. The van der Waals surface area contributed by atoms with Crippen molar-refractivity contribution in [3.05, 3.63) is 35.4 Å². The van der Waals surface area contributed by atoms with E-state index in [1.807, 2.05) is 26.8 Å². The van der Waals surface area contributed by atoms with Crippen LogP contribution in [0.25, 0.3) is 0 Å². The molecule has 1 aromatic rings. The summed E-state index contributed by atoms with van der Waals surface area (Å²) in [5.41, 5.74) is 6.61. The molecule has 0 atom stereocenters. The van der Waals surface area contributed by atoms with Crippen LogP contribution < -0.4 is 11.1 Å². The van der Waals surface area contributed by atoms with E-state index in [4.69, 9.17) is 10.9 Å². The first-order valence-corrected chi connectivity index (χ1v) is 5.69. The third-order valence-corrected chi connectivity index (χ3v) is 2.46. The van der Waals surface area contributed by atoms with Gasteiger partial charge in [-0.25, -0.2) is 0 Å². The highest BCUT2D eigenvalue weighted by Gasteiger charge is 2.20. The van der Waals surface area contributed by atoms with Crippen molar-refractivity contribution in [2.45, 2.75) is 27.3 Å². The van der Waals surface area contributed by atoms with Gasteiger partial charge in [0.05, 0.1) is 0 Å². The zero-order chi connectivity index (χ0) is 13.8. The Morgan fingerprint density at radius 2 is 2.11 bits per heavy atom. The van der Waals surface area contributed by atoms with E-state index < -0.39 is 5.41 Å². The lowest BCUT2D eigenvalue weighted by Gasteiger charge is -2.17. The molecule has 18 heavy (non-hydrogen) atoms. The lowest BCUT2D eigenvalue weighted by Crippen LogP contribution is -2.34. The smallest absolute Gasteiger partial charge is 0.225 e. The second-order valence-corrected chi connectivity index (χ2v) is 5.12. The number of carbonyl (C=O) groups excluding carboxylic acids is 1. The maximum absolute atomic E-state index is 11.7. The maximum Gasteiger partial charge on any atom is 0.225 e. The van der Waals surface area contributed by atoms with E-state index >= 15 is 0 Å². The molecule has 0 radical (unpaired) electrons. The van der Waals surface area contributed by atoms with Gasteiger partial charge >= 0.3 is 0 Å². The average Bonchev–Trinajstić information content (AvgIpc) is 2.34. The molecule has 0 aliphatic carbocycles. The molecular weight excluding hydrogens is 230 g/mol. The molecule has 0 unspecified atom stereocenters. The Hall–Kier alpha value is -2.04. The van der Waals surface area contributed by atoms with Crippen molar-refractivity contribution in [1.82, 2.24) is 5.32 Å². The number of nitrogens with zero attached hydrogens (tertiary/aromatic N) is 1. The number of carbonyl (C=O) groups is 1. The second-order valence-electron chi connectivity index (χ2n) is 5.12. The molecular formula is C13H19N3O2. The Labute approximate surface area is 107 Å². The van der Waals surface area contributed by atoms with Gasteiger partial charge in [-0.05, 0) is 11.6 Å². The van der Waals surface area contributed by atoms with Crippen molar-refractivity contribution in [2.75, 3.05) is 0 Å². The standard InChI is InChI=1S/C13H19N3O2/c1-13(2,3)12(17)15-8-9-5-4-6-10(7-9)11(14)16-18/h4-7,18H,8H2,1-3H3,(H2,14,16)(H,15,17).